The number of likely N-dealkylation sites (tertiary alicyclic amines) is 1. The predicted molar refractivity (Wildman–Crippen MR) is 59.4 cm³/mol. The topological polar surface area (TPSA) is 35.5 Å². The van der Waals surface area contributed by atoms with Crippen LogP contribution in [0.2, 0.25) is 0 Å². The molecule has 0 aromatic rings. The molecule has 0 aliphatic carbocycles. The SMILES string of the molecule is CC(C)N1CCC(NC[C@@H](C)O)CC1. The summed E-state index contributed by atoms with van der Waals surface area (Å²) < 4.78 is 0. The third-order valence-electron chi connectivity index (χ3n) is 2.96. The molecule has 0 saturated carbocycles. The molecule has 0 bridgehead atoms. The van der Waals surface area contributed by atoms with Gasteiger partial charge in [-0.25, -0.2) is 0 Å². The second-order valence-corrected chi connectivity index (χ2v) is 4.66. The highest BCUT2D eigenvalue weighted by Crippen LogP contribution is 2.12. The molecule has 3 heteroatoms. The lowest BCUT2D eigenvalue weighted by Gasteiger charge is -2.35. The van der Waals surface area contributed by atoms with Crippen molar-refractivity contribution in [3.05, 3.63) is 0 Å². The molecule has 1 heterocycles. The van der Waals surface area contributed by atoms with Gasteiger partial charge in [0.15, 0.2) is 0 Å². The molecule has 1 saturated heterocycles. The van der Waals surface area contributed by atoms with Crippen molar-refractivity contribution in [2.75, 3.05) is 19.6 Å². The largest absolute Gasteiger partial charge is 0.392 e. The Balaban J connectivity index is 2.16. The van der Waals surface area contributed by atoms with E-state index in [1.807, 2.05) is 6.92 Å². The summed E-state index contributed by atoms with van der Waals surface area (Å²) in [6, 6.07) is 1.28. The Morgan fingerprint density at radius 1 is 1.29 bits per heavy atom. The fraction of sp³-hybridized carbons (Fsp3) is 1.00. The minimum atomic E-state index is -0.224. The Morgan fingerprint density at radius 2 is 1.86 bits per heavy atom. The zero-order chi connectivity index (χ0) is 10.6. The monoisotopic (exact) mass is 200 g/mol. The summed E-state index contributed by atoms with van der Waals surface area (Å²) in [6.45, 7) is 9.44. The van der Waals surface area contributed by atoms with Gasteiger partial charge in [0.25, 0.3) is 0 Å². The molecule has 84 valence electrons. The highest BCUT2D eigenvalue weighted by Gasteiger charge is 2.20. The number of nitrogens with zero attached hydrogens (tertiary/aromatic N) is 1. The lowest BCUT2D eigenvalue weighted by atomic mass is 10.0. The van der Waals surface area contributed by atoms with E-state index in [9.17, 15) is 0 Å². The van der Waals surface area contributed by atoms with Gasteiger partial charge in [0.1, 0.15) is 0 Å². The third-order valence-corrected chi connectivity index (χ3v) is 2.96. The maximum Gasteiger partial charge on any atom is 0.0636 e. The van der Waals surface area contributed by atoms with Crippen LogP contribution in [-0.4, -0.2) is 47.8 Å². The smallest absolute Gasteiger partial charge is 0.0636 e. The van der Waals surface area contributed by atoms with Crippen LogP contribution in [-0.2, 0) is 0 Å². The van der Waals surface area contributed by atoms with Gasteiger partial charge in [0.05, 0.1) is 6.10 Å². The van der Waals surface area contributed by atoms with E-state index in [0.717, 1.165) is 6.54 Å². The average molecular weight is 200 g/mol. The molecule has 2 N–H and O–H groups in total. The molecule has 14 heavy (non-hydrogen) atoms. The predicted octanol–water partition coefficient (Wildman–Crippen LogP) is 0.830. The van der Waals surface area contributed by atoms with Crippen LogP contribution in [0.25, 0.3) is 0 Å². The Kier molecular flexibility index (Phi) is 4.85. The van der Waals surface area contributed by atoms with Gasteiger partial charge in [-0.2, -0.15) is 0 Å². The van der Waals surface area contributed by atoms with Crippen LogP contribution in [0.3, 0.4) is 0 Å². The van der Waals surface area contributed by atoms with Crippen LogP contribution in [0.1, 0.15) is 33.6 Å². The van der Waals surface area contributed by atoms with Crippen molar-refractivity contribution in [3.63, 3.8) is 0 Å². The molecule has 3 nitrogen and oxygen atoms in total. The van der Waals surface area contributed by atoms with E-state index in [4.69, 9.17) is 5.11 Å². The lowest BCUT2D eigenvalue weighted by Crippen LogP contribution is -2.46. The molecule has 0 aromatic heterocycles. The molecular weight excluding hydrogens is 176 g/mol. The van der Waals surface area contributed by atoms with Crippen molar-refractivity contribution in [2.24, 2.45) is 0 Å². The molecule has 1 aliphatic rings. The minimum Gasteiger partial charge on any atom is -0.392 e. The zero-order valence-electron chi connectivity index (χ0n) is 9.66. The average Bonchev–Trinajstić information content (AvgIpc) is 2.15. The first-order chi connectivity index (χ1) is 6.59. The minimum absolute atomic E-state index is 0.224. The van der Waals surface area contributed by atoms with Gasteiger partial charge >= 0.3 is 0 Å². The highest BCUT2D eigenvalue weighted by molar-refractivity contribution is 4.79. The van der Waals surface area contributed by atoms with Gasteiger partial charge in [-0.1, -0.05) is 0 Å². The van der Waals surface area contributed by atoms with E-state index in [-0.39, 0.29) is 6.10 Å². The lowest BCUT2D eigenvalue weighted by molar-refractivity contribution is 0.144. The number of aliphatic hydroxyl groups is 1. The van der Waals surface area contributed by atoms with Crippen molar-refractivity contribution in [3.8, 4) is 0 Å². The van der Waals surface area contributed by atoms with Crippen molar-refractivity contribution in [1.29, 1.82) is 0 Å². The first-order valence-corrected chi connectivity index (χ1v) is 5.75. The van der Waals surface area contributed by atoms with Crippen molar-refractivity contribution >= 4 is 0 Å². The van der Waals surface area contributed by atoms with Gasteiger partial charge < -0.3 is 15.3 Å². The van der Waals surface area contributed by atoms with Gasteiger partial charge in [-0.3, -0.25) is 0 Å². The van der Waals surface area contributed by atoms with Gasteiger partial charge in [0.2, 0.25) is 0 Å². The summed E-state index contributed by atoms with van der Waals surface area (Å²) >= 11 is 0. The Morgan fingerprint density at radius 3 is 2.29 bits per heavy atom. The van der Waals surface area contributed by atoms with E-state index >= 15 is 0 Å². The summed E-state index contributed by atoms with van der Waals surface area (Å²) in [4.78, 5) is 2.51. The molecule has 0 radical (unpaired) electrons. The van der Waals surface area contributed by atoms with Gasteiger partial charge in [0, 0.05) is 18.6 Å². The van der Waals surface area contributed by atoms with Crippen molar-refractivity contribution < 1.29 is 5.11 Å². The Hall–Kier alpha value is -0.120. The second kappa shape index (κ2) is 5.69. The molecule has 0 amide bonds. The quantitative estimate of drug-likeness (QED) is 0.705. The summed E-state index contributed by atoms with van der Waals surface area (Å²) in [5.41, 5.74) is 0. The molecule has 1 aliphatic heterocycles. The first kappa shape index (κ1) is 12.0. The van der Waals surface area contributed by atoms with Gasteiger partial charge in [-0.15, -0.1) is 0 Å². The Labute approximate surface area is 87.5 Å². The third kappa shape index (κ3) is 3.95. The number of piperidine rings is 1. The number of nitrogens with one attached hydrogen (secondary N) is 1. The zero-order valence-corrected chi connectivity index (χ0v) is 9.66. The highest BCUT2D eigenvalue weighted by atomic mass is 16.3. The Bertz CT molecular complexity index is 151. The number of aliphatic hydroxyl groups excluding tert-OH is 1. The van der Waals surface area contributed by atoms with Crippen LogP contribution >= 0.6 is 0 Å². The standard InChI is InChI=1S/C11H24N2O/c1-9(2)13-6-4-11(5-7-13)12-8-10(3)14/h9-12,14H,4-8H2,1-3H3/t10-/m1/s1. The van der Waals surface area contributed by atoms with E-state index in [1.54, 1.807) is 0 Å². The van der Waals surface area contributed by atoms with Crippen LogP contribution in [0.15, 0.2) is 0 Å². The number of rotatable bonds is 4. The summed E-state index contributed by atoms with van der Waals surface area (Å²) in [6.07, 6.45) is 2.20. The fourth-order valence-corrected chi connectivity index (χ4v) is 1.96. The normalized spacial score (nSPS) is 22.9. The fourth-order valence-electron chi connectivity index (χ4n) is 1.96. The molecular formula is C11H24N2O. The molecule has 0 spiro atoms. The molecule has 0 aromatic carbocycles. The van der Waals surface area contributed by atoms with Gasteiger partial charge in [-0.05, 0) is 46.7 Å². The van der Waals surface area contributed by atoms with E-state index in [1.165, 1.54) is 25.9 Å². The molecule has 1 atom stereocenters. The second-order valence-electron chi connectivity index (χ2n) is 4.66. The van der Waals surface area contributed by atoms with Crippen molar-refractivity contribution in [1.82, 2.24) is 10.2 Å². The van der Waals surface area contributed by atoms with Crippen LogP contribution in [0, 0.1) is 0 Å². The van der Waals surface area contributed by atoms with E-state index in [2.05, 4.69) is 24.1 Å². The van der Waals surface area contributed by atoms with E-state index in [0.29, 0.717) is 12.1 Å². The number of hydrogen-bond acceptors (Lipinski definition) is 3. The summed E-state index contributed by atoms with van der Waals surface area (Å²) in [5.74, 6) is 0. The van der Waals surface area contributed by atoms with Crippen molar-refractivity contribution in [2.45, 2.75) is 51.8 Å². The maximum atomic E-state index is 9.15. The first-order valence-electron chi connectivity index (χ1n) is 5.75. The molecule has 0 unspecified atom stereocenters. The van der Waals surface area contributed by atoms with Crippen LogP contribution in [0.4, 0.5) is 0 Å². The maximum absolute atomic E-state index is 9.15. The van der Waals surface area contributed by atoms with E-state index < -0.39 is 0 Å². The molecule has 1 fully saturated rings. The molecule has 1 rings (SSSR count). The van der Waals surface area contributed by atoms with Crippen LogP contribution < -0.4 is 5.32 Å². The number of hydrogen-bond donors (Lipinski definition) is 2. The summed E-state index contributed by atoms with van der Waals surface area (Å²) in [5, 5.41) is 12.6. The van der Waals surface area contributed by atoms with Crippen LogP contribution in [0.5, 0.6) is 0 Å². The summed E-state index contributed by atoms with van der Waals surface area (Å²) in [7, 11) is 0.